The minimum Gasteiger partial charge on any atom is -0.478 e. The summed E-state index contributed by atoms with van der Waals surface area (Å²) in [5, 5.41) is 25.6. The molecule has 0 fully saturated rings. The van der Waals surface area contributed by atoms with Crippen molar-refractivity contribution in [3.05, 3.63) is 91.8 Å². The maximum absolute atomic E-state index is 13.2. The number of fused-ring (bicyclic) bond motifs is 3. The van der Waals surface area contributed by atoms with Crippen molar-refractivity contribution in [3.8, 4) is 16.8 Å². The van der Waals surface area contributed by atoms with Crippen molar-refractivity contribution in [1.29, 1.82) is 0 Å². The van der Waals surface area contributed by atoms with E-state index in [1.54, 1.807) is 11.3 Å². The maximum Gasteiger partial charge on any atom is 0.336 e. The van der Waals surface area contributed by atoms with E-state index >= 15 is 0 Å². The number of halogens is 1. The van der Waals surface area contributed by atoms with Crippen molar-refractivity contribution in [1.82, 2.24) is 20.1 Å². The standard InChI is InChI=1S/C35H36ClN7O4S/c1-20-21(2)48-34-31(20)32(23-10-12-25(36)13-11-23)40-28(33-42-41-22(3)43(33)34)19-30(45)38-17-6-4-5-9-29(44)39-26-14-15-27(35(46)47)24(18-26)8-7-16-37/h10-15,18,28H,4-6,9,16-17,19,37H2,1-3H3,(H,38,45)(H,39,44)(H,46,47)/t28-/m0/s1. The second-order valence-electron chi connectivity index (χ2n) is 11.4. The number of rotatable bonds is 11. The number of aliphatic imine (C=N–C) groups is 1. The summed E-state index contributed by atoms with van der Waals surface area (Å²) in [6, 6.07) is 11.5. The second-order valence-corrected chi connectivity index (χ2v) is 13.0. The molecule has 0 aliphatic carbocycles. The van der Waals surface area contributed by atoms with Crippen LogP contribution in [0.25, 0.3) is 5.00 Å². The Balaban J connectivity index is 1.17. The van der Waals surface area contributed by atoms with Gasteiger partial charge in [-0.2, -0.15) is 0 Å². The largest absolute Gasteiger partial charge is 0.478 e. The first-order valence-corrected chi connectivity index (χ1v) is 16.8. The van der Waals surface area contributed by atoms with Gasteiger partial charge in [-0.05, 0) is 69.5 Å². The lowest BCUT2D eigenvalue weighted by Crippen LogP contribution is -2.26. The zero-order valence-electron chi connectivity index (χ0n) is 26.9. The number of hydrogen-bond donors (Lipinski definition) is 4. The third-order valence-corrected chi connectivity index (χ3v) is 9.44. The Morgan fingerprint density at radius 3 is 2.54 bits per heavy atom. The molecule has 4 aromatic rings. The van der Waals surface area contributed by atoms with E-state index in [0.29, 0.717) is 35.9 Å². The summed E-state index contributed by atoms with van der Waals surface area (Å²) >= 11 is 7.86. The predicted octanol–water partition coefficient (Wildman–Crippen LogP) is 5.51. The number of aromatic carboxylic acids is 1. The number of nitrogens with one attached hydrogen (secondary N) is 2. The molecule has 2 aromatic carbocycles. The summed E-state index contributed by atoms with van der Waals surface area (Å²) in [4.78, 5) is 43.5. The Labute approximate surface area is 287 Å². The molecular weight excluding hydrogens is 650 g/mol. The number of benzene rings is 2. The minimum absolute atomic E-state index is 0.0440. The van der Waals surface area contributed by atoms with Gasteiger partial charge in [0.2, 0.25) is 11.8 Å². The number of hydrogen-bond acceptors (Lipinski definition) is 8. The number of nitrogens with zero attached hydrogens (tertiary/aromatic N) is 4. The van der Waals surface area contributed by atoms with Crippen molar-refractivity contribution < 1.29 is 19.5 Å². The van der Waals surface area contributed by atoms with Gasteiger partial charge in [0.15, 0.2) is 5.82 Å². The van der Waals surface area contributed by atoms with Crippen LogP contribution in [0.2, 0.25) is 5.02 Å². The molecule has 0 saturated heterocycles. The molecule has 2 amide bonds. The topological polar surface area (TPSA) is 165 Å². The lowest BCUT2D eigenvalue weighted by atomic mass is 9.99. The molecule has 11 nitrogen and oxygen atoms in total. The first kappa shape index (κ1) is 34.5. The summed E-state index contributed by atoms with van der Waals surface area (Å²) < 4.78 is 2.02. The molecule has 3 heterocycles. The molecule has 0 spiro atoms. The lowest BCUT2D eigenvalue weighted by molar-refractivity contribution is -0.121. The highest BCUT2D eigenvalue weighted by Crippen LogP contribution is 2.39. The van der Waals surface area contributed by atoms with Crippen LogP contribution in [0, 0.1) is 32.6 Å². The van der Waals surface area contributed by atoms with Crippen LogP contribution in [0.4, 0.5) is 5.69 Å². The number of anilines is 1. The lowest BCUT2D eigenvalue weighted by Gasteiger charge is -2.13. The zero-order chi connectivity index (χ0) is 34.4. The number of unbranched alkanes of at least 4 members (excludes halogenated alkanes) is 2. The Hall–Kier alpha value is -4.83. The van der Waals surface area contributed by atoms with Gasteiger partial charge in [0.05, 0.1) is 24.2 Å². The Morgan fingerprint density at radius 2 is 1.81 bits per heavy atom. The van der Waals surface area contributed by atoms with Crippen molar-refractivity contribution in [3.63, 3.8) is 0 Å². The fraction of sp³-hybridized carbons (Fsp3) is 0.314. The van der Waals surface area contributed by atoms with Gasteiger partial charge in [0.1, 0.15) is 16.9 Å². The molecule has 13 heteroatoms. The molecule has 1 aliphatic heterocycles. The first-order valence-electron chi connectivity index (χ1n) is 15.6. The smallest absolute Gasteiger partial charge is 0.336 e. The van der Waals surface area contributed by atoms with Gasteiger partial charge in [0.25, 0.3) is 0 Å². The number of amides is 2. The highest BCUT2D eigenvalue weighted by Gasteiger charge is 2.32. The third-order valence-electron chi connectivity index (χ3n) is 8.00. The van der Waals surface area contributed by atoms with Crippen molar-refractivity contribution in [2.45, 2.75) is 58.9 Å². The SMILES string of the molecule is Cc1sc2c(c1C)C(c1ccc(Cl)cc1)=N[C@@H](CC(=O)NCCCCCC(=O)Nc1ccc(C(=O)O)c(C#CCN)c1)c1nnc(C)n1-2. The van der Waals surface area contributed by atoms with E-state index in [0.717, 1.165) is 39.6 Å². The molecule has 248 valence electrons. The van der Waals surface area contributed by atoms with E-state index in [-0.39, 0.29) is 42.3 Å². The van der Waals surface area contributed by atoms with Crippen LogP contribution in [0.3, 0.4) is 0 Å². The van der Waals surface area contributed by atoms with E-state index in [2.05, 4.69) is 46.5 Å². The van der Waals surface area contributed by atoms with Crippen LogP contribution in [0.5, 0.6) is 0 Å². The minimum atomic E-state index is -1.11. The van der Waals surface area contributed by atoms with Crippen LogP contribution < -0.4 is 16.4 Å². The van der Waals surface area contributed by atoms with Crippen LogP contribution in [0.15, 0.2) is 47.5 Å². The number of aryl methyl sites for hydroxylation is 2. The monoisotopic (exact) mass is 685 g/mol. The van der Waals surface area contributed by atoms with Gasteiger partial charge in [-0.25, -0.2) is 4.79 Å². The Kier molecular flexibility index (Phi) is 11.1. The third kappa shape index (κ3) is 7.82. The van der Waals surface area contributed by atoms with E-state index < -0.39 is 12.0 Å². The number of thiophene rings is 1. The summed E-state index contributed by atoms with van der Waals surface area (Å²) in [6.07, 6.45) is 2.42. The first-order chi connectivity index (χ1) is 23.1. The average molecular weight is 686 g/mol. The number of carboxylic acid groups (broad SMARTS) is 1. The van der Waals surface area contributed by atoms with Gasteiger partial charge in [-0.3, -0.25) is 19.1 Å². The Bertz CT molecular complexity index is 1950. The van der Waals surface area contributed by atoms with E-state index in [1.165, 1.54) is 23.1 Å². The Morgan fingerprint density at radius 1 is 1.04 bits per heavy atom. The molecule has 1 atom stereocenters. The quantitative estimate of drug-likeness (QED) is 0.119. The molecule has 5 N–H and O–H groups in total. The number of carboxylic acids is 1. The van der Waals surface area contributed by atoms with Crippen LogP contribution in [-0.4, -0.2) is 56.5 Å². The molecule has 0 bridgehead atoms. The van der Waals surface area contributed by atoms with Crippen LogP contribution in [0.1, 0.15) is 87.3 Å². The molecule has 0 radical (unpaired) electrons. The molecule has 0 saturated carbocycles. The van der Waals surface area contributed by atoms with Crippen molar-refractivity contribution in [2.24, 2.45) is 10.7 Å². The zero-order valence-corrected chi connectivity index (χ0v) is 28.5. The molecule has 5 rings (SSSR count). The molecule has 2 aromatic heterocycles. The van der Waals surface area contributed by atoms with E-state index in [1.807, 2.05) is 35.8 Å². The van der Waals surface area contributed by atoms with Gasteiger partial charge in [0, 0.05) is 45.2 Å². The number of nitrogens with two attached hydrogens (primary N) is 1. The summed E-state index contributed by atoms with van der Waals surface area (Å²) in [7, 11) is 0. The van der Waals surface area contributed by atoms with Gasteiger partial charge < -0.3 is 21.5 Å². The fourth-order valence-corrected chi connectivity index (χ4v) is 6.82. The van der Waals surface area contributed by atoms with Gasteiger partial charge >= 0.3 is 5.97 Å². The molecule has 1 aliphatic rings. The van der Waals surface area contributed by atoms with Crippen molar-refractivity contribution >= 4 is 52.1 Å². The predicted molar refractivity (Wildman–Crippen MR) is 187 cm³/mol. The van der Waals surface area contributed by atoms with Crippen LogP contribution in [-0.2, 0) is 9.59 Å². The highest BCUT2D eigenvalue weighted by molar-refractivity contribution is 7.15. The number of aromatic nitrogens is 3. The maximum atomic E-state index is 13.2. The summed E-state index contributed by atoms with van der Waals surface area (Å²) in [5.74, 6) is 5.28. The number of carbonyl (C=O) groups is 3. The molecule has 48 heavy (non-hydrogen) atoms. The summed E-state index contributed by atoms with van der Waals surface area (Å²) in [5.41, 5.74) is 10.0. The normalized spacial score (nSPS) is 13.4. The number of carbonyl (C=O) groups excluding carboxylic acids is 2. The molecule has 0 unspecified atom stereocenters. The van der Waals surface area contributed by atoms with Crippen LogP contribution >= 0.6 is 22.9 Å². The average Bonchev–Trinajstić information content (AvgIpc) is 3.53. The van der Waals surface area contributed by atoms with Gasteiger partial charge in [-0.1, -0.05) is 42.0 Å². The highest BCUT2D eigenvalue weighted by atomic mass is 35.5. The second kappa shape index (κ2) is 15.4. The fourth-order valence-electron chi connectivity index (χ4n) is 5.48. The van der Waals surface area contributed by atoms with Crippen molar-refractivity contribution in [2.75, 3.05) is 18.4 Å². The van der Waals surface area contributed by atoms with E-state index in [9.17, 15) is 19.5 Å². The molecular formula is C35H36ClN7O4S. The summed E-state index contributed by atoms with van der Waals surface area (Å²) in [6.45, 7) is 6.62. The van der Waals surface area contributed by atoms with E-state index in [4.69, 9.17) is 22.3 Å². The van der Waals surface area contributed by atoms with Gasteiger partial charge in [-0.15, -0.1) is 21.5 Å².